The maximum atomic E-state index is 13.1. The predicted octanol–water partition coefficient (Wildman–Crippen LogP) is 3.15. The van der Waals surface area contributed by atoms with Crippen molar-refractivity contribution in [3.05, 3.63) is 84.7 Å². The number of carbonyl (C=O) groups excluding carboxylic acids is 1. The fourth-order valence-corrected chi connectivity index (χ4v) is 4.41. The molecule has 1 aromatic heterocycles. The summed E-state index contributed by atoms with van der Waals surface area (Å²) in [6, 6.07) is 18.8. The Morgan fingerprint density at radius 3 is 2.47 bits per heavy atom. The van der Waals surface area contributed by atoms with Crippen molar-refractivity contribution in [3.8, 4) is 0 Å². The van der Waals surface area contributed by atoms with Crippen LogP contribution >= 0.6 is 11.8 Å². The summed E-state index contributed by atoms with van der Waals surface area (Å²) in [5, 5.41) is 3.93. The number of aromatic nitrogens is 1. The van der Waals surface area contributed by atoms with Crippen molar-refractivity contribution in [1.82, 2.24) is 10.4 Å². The summed E-state index contributed by atoms with van der Waals surface area (Å²) >= 11 is 1.63. The van der Waals surface area contributed by atoms with Crippen molar-refractivity contribution < 1.29 is 13.2 Å². The van der Waals surface area contributed by atoms with Gasteiger partial charge in [-0.15, -0.1) is 11.8 Å². The zero-order chi connectivity index (χ0) is 21.4. The minimum absolute atomic E-state index is 0.0824. The monoisotopic (exact) mass is 440 g/mol. The second kappa shape index (κ2) is 10.0. The molecule has 9 heteroatoms. The molecule has 0 atom stereocenters. The fraction of sp³-hybridized carbons (Fsp3) is 0.0952. The van der Waals surface area contributed by atoms with Crippen molar-refractivity contribution in [3.63, 3.8) is 0 Å². The molecule has 154 valence electrons. The third kappa shape index (κ3) is 5.46. The van der Waals surface area contributed by atoms with E-state index < -0.39 is 22.5 Å². The Labute approximate surface area is 179 Å². The van der Waals surface area contributed by atoms with Gasteiger partial charge in [0.1, 0.15) is 6.54 Å². The summed E-state index contributed by atoms with van der Waals surface area (Å²) in [5.74, 6) is -0.574. The highest BCUT2D eigenvalue weighted by Crippen LogP contribution is 2.22. The molecule has 0 fully saturated rings. The molecule has 0 unspecified atom stereocenters. The summed E-state index contributed by atoms with van der Waals surface area (Å²) in [6.45, 7) is -0.439. The number of anilines is 1. The summed E-state index contributed by atoms with van der Waals surface area (Å²) in [6.07, 6.45) is 6.41. The molecule has 0 saturated heterocycles. The van der Waals surface area contributed by atoms with Gasteiger partial charge in [-0.25, -0.2) is 13.8 Å². The zero-order valence-corrected chi connectivity index (χ0v) is 17.8. The minimum Gasteiger partial charge on any atom is -0.271 e. The van der Waals surface area contributed by atoms with Crippen LogP contribution in [-0.4, -0.2) is 38.3 Å². The molecule has 3 aromatic rings. The Morgan fingerprint density at radius 2 is 1.83 bits per heavy atom. The van der Waals surface area contributed by atoms with Gasteiger partial charge in [0.2, 0.25) is 0 Å². The first-order valence-electron chi connectivity index (χ1n) is 8.94. The summed E-state index contributed by atoms with van der Waals surface area (Å²) in [5.41, 5.74) is 3.48. The van der Waals surface area contributed by atoms with Gasteiger partial charge in [-0.05, 0) is 48.2 Å². The Bertz CT molecular complexity index is 1100. The third-order valence-electron chi connectivity index (χ3n) is 4.07. The van der Waals surface area contributed by atoms with Gasteiger partial charge >= 0.3 is 0 Å². The van der Waals surface area contributed by atoms with Gasteiger partial charge < -0.3 is 0 Å². The van der Waals surface area contributed by atoms with E-state index in [0.717, 1.165) is 14.8 Å². The molecule has 0 aliphatic rings. The van der Waals surface area contributed by atoms with Crippen molar-refractivity contribution in [2.75, 3.05) is 17.1 Å². The minimum atomic E-state index is -3.96. The molecular formula is C21H20N4O3S2. The molecule has 1 amide bonds. The second-order valence-corrected chi connectivity index (χ2v) is 8.84. The van der Waals surface area contributed by atoms with E-state index in [2.05, 4.69) is 15.5 Å². The number of rotatable bonds is 8. The largest absolute Gasteiger partial charge is 0.271 e. The van der Waals surface area contributed by atoms with Crippen LogP contribution in [0.4, 0.5) is 5.69 Å². The zero-order valence-electron chi connectivity index (χ0n) is 16.2. The van der Waals surface area contributed by atoms with Crippen molar-refractivity contribution in [1.29, 1.82) is 0 Å². The van der Waals surface area contributed by atoms with Crippen molar-refractivity contribution in [2.24, 2.45) is 5.10 Å². The number of hydrogen-bond donors (Lipinski definition) is 1. The summed E-state index contributed by atoms with van der Waals surface area (Å²) in [4.78, 5) is 17.6. The molecule has 0 saturated carbocycles. The lowest BCUT2D eigenvalue weighted by Gasteiger charge is -2.23. The van der Waals surface area contributed by atoms with Crippen LogP contribution in [0.5, 0.6) is 0 Å². The average molecular weight is 441 g/mol. The van der Waals surface area contributed by atoms with Gasteiger partial charge in [0, 0.05) is 11.1 Å². The number of sulfonamides is 1. The van der Waals surface area contributed by atoms with Gasteiger partial charge in [0.05, 0.1) is 23.0 Å². The summed E-state index contributed by atoms with van der Waals surface area (Å²) in [7, 11) is -3.96. The Hall–Kier alpha value is -3.17. The molecule has 30 heavy (non-hydrogen) atoms. The lowest BCUT2D eigenvalue weighted by atomic mass is 10.2. The van der Waals surface area contributed by atoms with E-state index in [9.17, 15) is 13.2 Å². The van der Waals surface area contributed by atoms with Gasteiger partial charge in [-0.2, -0.15) is 5.10 Å². The normalized spacial score (nSPS) is 11.4. The number of hydrazone groups is 1. The molecule has 0 aliphatic carbocycles. The van der Waals surface area contributed by atoms with Crippen LogP contribution in [0.2, 0.25) is 0 Å². The maximum Gasteiger partial charge on any atom is 0.264 e. The topological polar surface area (TPSA) is 91.7 Å². The van der Waals surface area contributed by atoms with E-state index in [4.69, 9.17) is 0 Å². The number of nitrogens with zero attached hydrogens (tertiary/aromatic N) is 3. The van der Waals surface area contributed by atoms with Gasteiger partial charge in [0.25, 0.3) is 15.9 Å². The van der Waals surface area contributed by atoms with Crippen molar-refractivity contribution in [2.45, 2.75) is 9.79 Å². The molecule has 0 radical (unpaired) electrons. The Balaban J connectivity index is 1.76. The van der Waals surface area contributed by atoms with E-state index >= 15 is 0 Å². The first kappa shape index (κ1) is 21.5. The van der Waals surface area contributed by atoms with Crippen LogP contribution in [0.1, 0.15) is 5.56 Å². The lowest BCUT2D eigenvalue weighted by molar-refractivity contribution is -0.119. The number of carbonyl (C=O) groups is 1. The average Bonchev–Trinajstić information content (AvgIpc) is 2.79. The Kier molecular flexibility index (Phi) is 7.21. The Morgan fingerprint density at radius 1 is 1.10 bits per heavy atom. The van der Waals surface area contributed by atoms with E-state index in [1.165, 1.54) is 30.7 Å². The van der Waals surface area contributed by atoms with Gasteiger partial charge in [-0.3, -0.25) is 14.1 Å². The number of thioether (sulfide) groups is 1. The summed E-state index contributed by atoms with van der Waals surface area (Å²) < 4.78 is 27.2. The molecule has 0 aliphatic heterocycles. The quantitative estimate of drug-likeness (QED) is 0.330. The van der Waals surface area contributed by atoms with Crippen LogP contribution < -0.4 is 9.73 Å². The first-order chi connectivity index (χ1) is 14.5. The molecule has 3 rings (SSSR count). The van der Waals surface area contributed by atoms with Crippen LogP contribution in [0.15, 0.2) is 94.0 Å². The van der Waals surface area contributed by atoms with Gasteiger partial charge in [-0.1, -0.05) is 30.3 Å². The standard InChI is InChI=1S/C21H20N4O3S2/c1-29-19-11-9-17(10-12-19)14-23-24-21(26)16-25(18-6-5-13-22-15-18)30(27,28)20-7-3-2-4-8-20/h2-15H,16H2,1H3,(H,24,26)/b23-14-. The third-order valence-corrected chi connectivity index (χ3v) is 6.60. The predicted molar refractivity (Wildman–Crippen MR) is 119 cm³/mol. The highest BCUT2D eigenvalue weighted by atomic mass is 32.2. The SMILES string of the molecule is CSc1ccc(/C=N\NC(=O)CN(c2cccnc2)S(=O)(=O)c2ccccc2)cc1. The van der Waals surface area contributed by atoms with Crippen LogP contribution in [0.25, 0.3) is 0 Å². The van der Waals surface area contributed by atoms with E-state index in [1.807, 2.05) is 30.5 Å². The van der Waals surface area contributed by atoms with Crippen molar-refractivity contribution >= 4 is 39.6 Å². The number of hydrogen-bond acceptors (Lipinski definition) is 6. The molecule has 2 aromatic carbocycles. The molecule has 0 bridgehead atoms. The highest BCUT2D eigenvalue weighted by molar-refractivity contribution is 7.98. The smallest absolute Gasteiger partial charge is 0.264 e. The molecule has 0 spiro atoms. The fourth-order valence-electron chi connectivity index (χ4n) is 2.57. The first-order valence-corrected chi connectivity index (χ1v) is 11.6. The van der Waals surface area contributed by atoms with E-state index in [-0.39, 0.29) is 10.6 Å². The van der Waals surface area contributed by atoms with Crippen LogP contribution in [0, 0.1) is 0 Å². The maximum absolute atomic E-state index is 13.1. The number of benzene rings is 2. The van der Waals surface area contributed by atoms with E-state index in [0.29, 0.717) is 0 Å². The molecule has 1 heterocycles. The number of nitrogens with one attached hydrogen (secondary N) is 1. The molecule has 1 N–H and O–H groups in total. The highest BCUT2D eigenvalue weighted by Gasteiger charge is 2.27. The number of pyridine rings is 1. The number of amides is 1. The molecule has 7 nitrogen and oxygen atoms in total. The van der Waals surface area contributed by atoms with Crippen LogP contribution in [0.3, 0.4) is 0 Å². The van der Waals surface area contributed by atoms with Gasteiger partial charge in [0.15, 0.2) is 0 Å². The molecular weight excluding hydrogens is 420 g/mol. The van der Waals surface area contributed by atoms with Crippen LogP contribution in [-0.2, 0) is 14.8 Å². The lowest BCUT2D eigenvalue weighted by Crippen LogP contribution is -2.39. The second-order valence-electron chi connectivity index (χ2n) is 6.10. The van der Waals surface area contributed by atoms with E-state index in [1.54, 1.807) is 42.1 Å².